The molecule has 1 aromatic carbocycles. The number of hydrogen-bond acceptors (Lipinski definition) is 4. The zero-order valence-corrected chi connectivity index (χ0v) is 13.1. The number of ether oxygens (including phenoxy) is 1. The van der Waals surface area contributed by atoms with Gasteiger partial charge in [-0.3, -0.25) is 4.72 Å². The normalized spacial score (nSPS) is 17.6. The highest BCUT2D eigenvalue weighted by molar-refractivity contribution is 7.78. The first-order valence-corrected chi connectivity index (χ1v) is 7.69. The molecule has 1 N–H and O–H groups in total. The molecule has 0 amide bonds. The Hall–Kier alpha value is -1.00. The van der Waals surface area contributed by atoms with Crippen LogP contribution in [0.5, 0.6) is 0 Å². The maximum Gasteiger partial charge on any atom is 0.338 e. The van der Waals surface area contributed by atoms with Gasteiger partial charge in [0.25, 0.3) is 0 Å². The lowest BCUT2D eigenvalue weighted by atomic mass is 9.95. The van der Waals surface area contributed by atoms with Gasteiger partial charge < -0.3 is 4.74 Å². The van der Waals surface area contributed by atoms with Gasteiger partial charge in [0.05, 0.1) is 12.2 Å². The Morgan fingerprint density at radius 2 is 2.05 bits per heavy atom. The fourth-order valence-corrected chi connectivity index (χ4v) is 2.61. The highest BCUT2D eigenvalue weighted by Gasteiger charge is 2.37. The Bertz CT molecular complexity index is 454. The van der Waals surface area contributed by atoms with Crippen LogP contribution >= 0.6 is 12.8 Å². The topological polar surface area (TPSA) is 38.3 Å². The van der Waals surface area contributed by atoms with Crippen molar-refractivity contribution in [2.45, 2.75) is 45.6 Å². The van der Waals surface area contributed by atoms with Crippen molar-refractivity contribution in [1.82, 2.24) is 4.72 Å². The Kier molecular flexibility index (Phi) is 5.11. The van der Waals surface area contributed by atoms with Gasteiger partial charge in [-0.2, -0.15) is 0 Å². The Morgan fingerprint density at radius 1 is 1.40 bits per heavy atom. The number of hydrogen-bond donors (Lipinski definition) is 2. The zero-order chi connectivity index (χ0) is 14.6. The molecule has 1 saturated carbocycles. The number of rotatable bonds is 7. The molecule has 1 aromatic rings. The fraction of sp³-hybridized carbons (Fsp3) is 0.562. The van der Waals surface area contributed by atoms with E-state index >= 15 is 0 Å². The van der Waals surface area contributed by atoms with Gasteiger partial charge in [-0.1, -0.05) is 31.9 Å². The van der Waals surface area contributed by atoms with Crippen molar-refractivity contribution < 1.29 is 9.53 Å². The van der Waals surface area contributed by atoms with Crippen LogP contribution in [0.3, 0.4) is 0 Å². The third-order valence-corrected chi connectivity index (χ3v) is 4.43. The molecular formula is C16H23NO2S. The first kappa shape index (κ1) is 15.4. The average Bonchev–Trinajstić information content (AvgIpc) is 3.18. The lowest BCUT2D eigenvalue weighted by molar-refractivity contribution is 0.0526. The molecule has 1 aliphatic rings. The summed E-state index contributed by atoms with van der Waals surface area (Å²) in [5, 5.41) is 0. The molecule has 2 rings (SSSR count). The molecule has 0 radical (unpaired) electrons. The number of esters is 1. The molecule has 20 heavy (non-hydrogen) atoms. The van der Waals surface area contributed by atoms with E-state index in [0.29, 0.717) is 17.6 Å². The number of thiol groups is 1. The van der Waals surface area contributed by atoms with Gasteiger partial charge in [0, 0.05) is 6.04 Å². The first-order valence-electron chi connectivity index (χ1n) is 7.25. The predicted octanol–water partition coefficient (Wildman–Crippen LogP) is 3.92. The monoisotopic (exact) mass is 293 g/mol. The van der Waals surface area contributed by atoms with Crippen LogP contribution in [0.1, 0.15) is 61.5 Å². The molecule has 0 spiro atoms. The molecule has 1 aliphatic carbocycles. The molecule has 0 aliphatic heterocycles. The van der Waals surface area contributed by atoms with E-state index in [9.17, 15) is 4.79 Å². The van der Waals surface area contributed by atoms with E-state index in [1.54, 1.807) is 0 Å². The second kappa shape index (κ2) is 6.64. The minimum absolute atomic E-state index is 0.229. The third kappa shape index (κ3) is 4.00. The lowest BCUT2D eigenvalue weighted by Gasteiger charge is -2.18. The van der Waals surface area contributed by atoms with Gasteiger partial charge in [-0.15, -0.1) is 0 Å². The SMILES string of the molecule is CCOC(=O)c1ccc([C@H](CCC2(C)CC2)NS)cc1. The van der Waals surface area contributed by atoms with Crippen molar-refractivity contribution in [3.05, 3.63) is 35.4 Å². The van der Waals surface area contributed by atoms with Crippen molar-refractivity contribution in [1.29, 1.82) is 0 Å². The van der Waals surface area contributed by atoms with E-state index < -0.39 is 0 Å². The van der Waals surface area contributed by atoms with Crippen molar-refractivity contribution in [2.24, 2.45) is 5.41 Å². The van der Waals surface area contributed by atoms with E-state index in [-0.39, 0.29) is 12.0 Å². The van der Waals surface area contributed by atoms with Crippen molar-refractivity contribution >= 4 is 18.8 Å². The average molecular weight is 293 g/mol. The van der Waals surface area contributed by atoms with Crippen LogP contribution in [-0.4, -0.2) is 12.6 Å². The van der Waals surface area contributed by atoms with Gasteiger partial charge in [-0.25, -0.2) is 4.79 Å². The summed E-state index contributed by atoms with van der Waals surface area (Å²) in [4.78, 5) is 11.6. The summed E-state index contributed by atoms with van der Waals surface area (Å²) >= 11 is 4.24. The summed E-state index contributed by atoms with van der Waals surface area (Å²) in [6, 6.07) is 7.84. The molecular weight excluding hydrogens is 270 g/mol. The second-order valence-electron chi connectivity index (χ2n) is 5.87. The van der Waals surface area contributed by atoms with Gasteiger partial charge in [0.2, 0.25) is 0 Å². The van der Waals surface area contributed by atoms with Gasteiger partial charge in [0.15, 0.2) is 0 Å². The van der Waals surface area contributed by atoms with Crippen molar-refractivity contribution in [3.63, 3.8) is 0 Å². The van der Waals surface area contributed by atoms with E-state index in [0.717, 1.165) is 12.0 Å². The van der Waals surface area contributed by atoms with Gasteiger partial charge in [0.1, 0.15) is 0 Å². The molecule has 0 saturated heterocycles. The third-order valence-electron chi connectivity index (χ3n) is 4.12. The van der Waals surface area contributed by atoms with Crippen molar-refractivity contribution in [2.75, 3.05) is 6.61 Å². The van der Waals surface area contributed by atoms with Crippen LogP contribution in [0.15, 0.2) is 24.3 Å². The summed E-state index contributed by atoms with van der Waals surface area (Å²) in [6.07, 6.45) is 4.96. The molecule has 0 bridgehead atoms. The van der Waals surface area contributed by atoms with E-state index in [4.69, 9.17) is 4.74 Å². The van der Waals surface area contributed by atoms with Crippen LogP contribution in [-0.2, 0) is 4.74 Å². The predicted molar refractivity (Wildman–Crippen MR) is 83.8 cm³/mol. The summed E-state index contributed by atoms with van der Waals surface area (Å²) in [7, 11) is 0. The van der Waals surface area contributed by atoms with E-state index in [2.05, 4.69) is 24.5 Å². The standard InChI is InChI=1S/C16H23NO2S/c1-3-19-15(18)13-6-4-12(5-7-13)14(17-20)8-9-16(2)10-11-16/h4-7,14,17,20H,3,8-11H2,1-2H3/t14-/m0/s1. The maximum absolute atomic E-state index is 11.6. The van der Waals surface area contributed by atoms with Crippen molar-refractivity contribution in [3.8, 4) is 0 Å². The fourth-order valence-electron chi connectivity index (χ4n) is 2.33. The van der Waals surface area contributed by atoms with Gasteiger partial charge in [-0.05, 0) is 55.7 Å². The first-order chi connectivity index (χ1) is 9.58. The number of carbonyl (C=O) groups excluding carboxylic acids is 1. The van der Waals surface area contributed by atoms with Crippen LogP contribution in [0, 0.1) is 5.41 Å². The summed E-state index contributed by atoms with van der Waals surface area (Å²) < 4.78 is 8.06. The molecule has 1 fully saturated rings. The summed E-state index contributed by atoms with van der Waals surface area (Å²) in [5.41, 5.74) is 2.31. The maximum atomic E-state index is 11.6. The highest BCUT2D eigenvalue weighted by atomic mass is 32.1. The quantitative estimate of drug-likeness (QED) is 0.591. The number of carbonyl (C=O) groups is 1. The molecule has 110 valence electrons. The molecule has 0 aromatic heterocycles. The molecule has 4 heteroatoms. The highest BCUT2D eigenvalue weighted by Crippen LogP contribution is 2.49. The Balaban J connectivity index is 1.97. The van der Waals surface area contributed by atoms with E-state index in [1.165, 1.54) is 19.3 Å². The minimum atomic E-state index is -0.264. The molecule has 0 unspecified atom stereocenters. The van der Waals surface area contributed by atoms with Crippen LogP contribution in [0.25, 0.3) is 0 Å². The van der Waals surface area contributed by atoms with Crippen LogP contribution in [0.2, 0.25) is 0 Å². The minimum Gasteiger partial charge on any atom is -0.462 e. The second-order valence-corrected chi connectivity index (χ2v) is 6.13. The Morgan fingerprint density at radius 3 is 2.55 bits per heavy atom. The smallest absolute Gasteiger partial charge is 0.338 e. The number of benzene rings is 1. The molecule has 3 nitrogen and oxygen atoms in total. The molecule has 0 heterocycles. The molecule has 1 atom stereocenters. The zero-order valence-electron chi connectivity index (χ0n) is 12.2. The number of nitrogens with one attached hydrogen (secondary N) is 1. The largest absolute Gasteiger partial charge is 0.462 e. The summed E-state index contributed by atoms with van der Waals surface area (Å²) in [6.45, 7) is 4.55. The van der Waals surface area contributed by atoms with Gasteiger partial charge >= 0.3 is 5.97 Å². The van der Waals surface area contributed by atoms with E-state index in [1.807, 2.05) is 31.2 Å². The van der Waals surface area contributed by atoms with Crippen LogP contribution in [0.4, 0.5) is 0 Å². The van der Waals surface area contributed by atoms with Crippen LogP contribution < -0.4 is 4.72 Å². The summed E-state index contributed by atoms with van der Waals surface area (Å²) in [5.74, 6) is -0.264. The Labute approximate surface area is 126 Å². The lowest BCUT2D eigenvalue weighted by Crippen LogP contribution is -2.13.